The minimum Gasteiger partial charge on any atom is -0.466 e. The van der Waals surface area contributed by atoms with Crippen molar-refractivity contribution >= 4 is 29.8 Å². The molecule has 0 saturated carbocycles. The van der Waals surface area contributed by atoms with Gasteiger partial charge in [0, 0.05) is 24.5 Å². The van der Waals surface area contributed by atoms with Gasteiger partial charge in [0.15, 0.2) is 0 Å². The maximum Gasteiger partial charge on any atom is 0.337 e. The number of hydrogen-bond acceptors (Lipinski definition) is 7. The summed E-state index contributed by atoms with van der Waals surface area (Å²) < 4.78 is 4.94. The highest BCUT2D eigenvalue weighted by atomic mass is 32.2. The Morgan fingerprint density at radius 3 is 3.08 bits per heavy atom. The lowest BCUT2D eigenvalue weighted by Gasteiger charge is -2.39. The Morgan fingerprint density at radius 1 is 1.58 bits per heavy atom. The molecule has 7 heteroatoms. The third-order valence-electron chi connectivity index (χ3n) is 4.67. The van der Waals surface area contributed by atoms with Crippen LogP contribution in [0.15, 0.2) is 45.5 Å². The Labute approximate surface area is 160 Å². The van der Waals surface area contributed by atoms with Gasteiger partial charge in [0.2, 0.25) is 0 Å². The van der Waals surface area contributed by atoms with Gasteiger partial charge in [0.25, 0.3) is 0 Å². The molecule has 0 bridgehead atoms. The second-order valence-corrected chi connectivity index (χ2v) is 7.13. The zero-order chi connectivity index (χ0) is 18.9. The lowest BCUT2D eigenvalue weighted by Crippen LogP contribution is -2.47. The minimum atomic E-state index is -0.338. The number of ether oxygens (including phenoxy) is 1. The van der Waals surface area contributed by atoms with Crippen LogP contribution in [0.1, 0.15) is 19.8 Å². The highest BCUT2D eigenvalue weighted by Gasteiger charge is 2.29. The topological polar surface area (TPSA) is 66.3 Å². The van der Waals surface area contributed by atoms with Crippen molar-refractivity contribution in [1.29, 1.82) is 0 Å². The molecule has 1 fully saturated rings. The van der Waals surface area contributed by atoms with Crippen molar-refractivity contribution in [3.05, 3.63) is 35.5 Å². The van der Waals surface area contributed by atoms with Crippen molar-refractivity contribution < 1.29 is 9.53 Å². The van der Waals surface area contributed by atoms with Crippen molar-refractivity contribution in [2.75, 3.05) is 33.0 Å². The van der Waals surface area contributed by atoms with Gasteiger partial charge in [0.1, 0.15) is 5.84 Å². The molecule has 2 heterocycles. The number of hydrogen-bond donors (Lipinski definition) is 1. The van der Waals surface area contributed by atoms with E-state index in [1.807, 2.05) is 17.7 Å². The van der Waals surface area contributed by atoms with Crippen molar-refractivity contribution in [3.8, 4) is 0 Å². The van der Waals surface area contributed by atoms with Gasteiger partial charge in [-0.2, -0.15) is 0 Å². The molecule has 0 amide bonds. The largest absolute Gasteiger partial charge is 0.466 e. The zero-order valence-corrected chi connectivity index (χ0v) is 16.6. The molecule has 0 spiro atoms. The minimum absolute atomic E-state index is 0.296. The molecule has 2 rings (SSSR count). The van der Waals surface area contributed by atoms with E-state index in [1.54, 1.807) is 24.2 Å². The van der Waals surface area contributed by atoms with Gasteiger partial charge in [-0.3, -0.25) is 14.9 Å². The number of rotatable bonds is 7. The van der Waals surface area contributed by atoms with Crippen molar-refractivity contribution in [3.63, 3.8) is 0 Å². The molecular weight excluding hydrogens is 348 g/mol. The molecule has 0 aromatic rings. The predicted molar refractivity (Wildman–Crippen MR) is 110 cm³/mol. The maximum atomic E-state index is 12.2. The van der Waals surface area contributed by atoms with E-state index in [0.29, 0.717) is 36.5 Å². The standard InChI is InChI=1S/C19H28N4O2S/c1-5-17-14(2)7-6-9-23(17)13-16-15(19(24)25-3)11-21-18(22-16)12-20-8-10-26-4/h5,8,10,12,14,17H,1,6-7,9,11,13H2,2-4H3,(H,21,22)/b10-8-,20-12?/t14-,17?/m0/s1. The van der Waals surface area contributed by atoms with Crippen LogP contribution in [0.4, 0.5) is 0 Å². The summed E-state index contributed by atoms with van der Waals surface area (Å²) in [6, 6.07) is 0.303. The number of carbonyl (C=O) groups is 1. The van der Waals surface area contributed by atoms with Crippen LogP contribution >= 0.6 is 11.8 Å². The fourth-order valence-corrected chi connectivity index (χ4v) is 3.51. The number of methoxy groups -OCH3 is 1. The first-order valence-corrected chi connectivity index (χ1v) is 10.1. The third-order valence-corrected chi connectivity index (χ3v) is 5.07. The van der Waals surface area contributed by atoms with Gasteiger partial charge >= 0.3 is 5.97 Å². The summed E-state index contributed by atoms with van der Waals surface area (Å²) in [5.41, 5.74) is 1.41. The average Bonchev–Trinajstić information content (AvgIpc) is 2.65. The van der Waals surface area contributed by atoms with Crippen LogP contribution in [0.3, 0.4) is 0 Å². The normalized spacial score (nSPS) is 24.7. The van der Waals surface area contributed by atoms with E-state index in [4.69, 9.17) is 4.74 Å². The summed E-state index contributed by atoms with van der Waals surface area (Å²) in [4.78, 5) is 23.1. The fourth-order valence-electron chi connectivity index (χ4n) is 3.32. The predicted octanol–water partition coefficient (Wildman–Crippen LogP) is 2.61. The smallest absolute Gasteiger partial charge is 0.337 e. The fraction of sp³-hybridized carbons (Fsp3) is 0.526. The van der Waals surface area contributed by atoms with E-state index in [2.05, 4.69) is 33.7 Å². The van der Waals surface area contributed by atoms with Gasteiger partial charge in [-0.1, -0.05) is 13.0 Å². The summed E-state index contributed by atoms with van der Waals surface area (Å²) in [5, 5.41) is 5.15. The van der Waals surface area contributed by atoms with Crippen LogP contribution in [0, 0.1) is 5.92 Å². The molecule has 2 aliphatic heterocycles. The van der Waals surface area contributed by atoms with Crippen LogP contribution in [-0.2, 0) is 9.53 Å². The van der Waals surface area contributed by atoms with Crippen LogP contribution < -0.4 is 5.32 Å². The lowest BCUT2D eigenvalue weighted by molar-refractivity contribution is -0.136. The number of carbonyl (C=O) groups excluding carboxylic acids is 1. The molecule has 2 atom stereocenters. The van der Waals surface area contributed by atoms with E-state index in [0.717, 1.165) is 18.7 Å². The molecule has 142 valence electrons. The van der Waals surface area contributed by atoms with E-state index >= 15 is 0 Å². The molecule has 1 unspecified atom stereocenters. The molecule has 1 saturated heterocycles. The van der Waals surface area contributed by atoms with Crippen molar-refractivity contribution in [1.82, 2.24) is 10.2 Å². The maximum absolute atomic E-state index is 12.2. The molecule has 6 nitrogen and oxygen atoms in total. The monoisotopic (exact) mass is 376 g/mol. The zero-order valence-electron chi connectivity index (χ0n) is 15.8. The first-order valence-electron chi connectivity index (χ1n) is 8.80. The average molecular weight is 377 g/mol. The molecule has 1 N–H and O–H groups in total. The quantitative estimate of drug-likeness (QED) is 0.420. The summed E-state index contributed by atoms with van der Waals surface area (Å²) in [6.45, 7) is 8.17. The van der Waals surface area contributed by atoms with Gasteiger partial charge in [-0.05, 0) is 37.0 Å². The molecule has 26 heavy (non-hydrogen) atoms. The van der Waals surface area contributed by atoms with Gasteiger partial charge in [-0.15, -0.1) is 18.3 Å². The van der Waals surface area contributed by atoms with Crippen LogP contribution in [0.2, 0.25) is 0 Å². The van der Waals surface area contributed by atoms with Gasteiger partial charge < -0.3 is 10.1 Å². The SMILES string of the molecule is C=CC1[C@@H](C)CCCN1CC1=C(C(=O)OC)CN=C(C=N/C=C\SC)N1. The first-order chi connectivity index (χ1) is 12.6. The molecule has 0 aliphatic carbocycles. The molecular formula is C19H28N4O2S. The number of esters is 1. The number of aliphatic imine (C=N–C) groups is 2. The Kier molecular flexibility index (Phi) is 8.12. The van der Waals surface area contributed by atoms with Crippen LogP contribution in [-0.4, -0.2) is 62.0 Å². The number of nitrogens with zero attached hydrogens (tertiary/aromatic N) is 3. The van der Waals surface area contributed by atoms with Crippen molar-refractivity contribution in [2.45, 2.75) is 25.8 Å². The number of amidine groups is 1. The highest BCUT2D eigenvalue weighted by molar-refractivity contribution is 8.01. The van der Waals surface area contributed by atoms with E-state index < -0.39 is 0 Å². The summed E-state index contributed by atoms with van der Waals surface area (Å²) in [7, 11) is 1.40. The Balaban J connectivity index is 2.17. The Bertz CT molecular complexity index is 639. The van der Waals surface area contributed by atoms with E-state index in [9.17, 15) is 4.79 Å². The Hall–Kier alpha value is -1.86. The first kappa shape index (κ1) is 20.5. The van der Waals surface area contributed by atoms with Crippen LogP contribution in [0.5, 0.6) is 0 Å². The van der Waals surface area contributed by atoms with Crippen molar-refractivity contribution in [2.24, 2.45) is 15.9 Å². The van der Waals surface area contributed by atoms with Gasteiger partial charge in [0.05, 0.1) is 25.4 Å². The van der Waals surface area contributed by atoms with E-state index in [1.165, 1.54) is 13.5 Å². The summed E-state index contributed by atoms with van der Waals surface area (Å²) in [5.74, 6) is 0.867. The van der Waals surface area contributed by atoms with E-state index in [-0.39, 0.29) is 5.97 Å². The third kappa shape index (κ3) is 5.32. The molecule has 0 aromatic carbocycles. The number of likely N-dealkylation sites (tertiary alicyclic amines) is 1. The molecule has 2 aliphatic rings. The molecule has 0 aromatic heterocycles. The Morgan fingerprint density at radius 2 is 2.38 bits per heavy atom. The number of piperidine rings is 1. The summed E-state index contributed by atoms with van der Waals surface area (Å²) in [6.07, 6.45) is 9.72. The van der Waals surface area contributed by atoms with Gasteiger partial charge in [-0.25, -0.2) is 4.79 Å². The second kappa shape index (κ2) is 10.3. The summed E-state index contributed by atoms with van der Waals surface area (Å²) >= 11 is 1.58. The second-order valence-electron chi connectivity index (χ2n) is 6.39. The highest BCUT2D eigenvalue weighted by Crippen LogP contribution is 2.25. The molecule has 0 radical (unpaired) electrons. The van der Waals surface area contributed by atoms with Crippen LogP contribution in [0.25, 0.3) is 0 Å². The lowest BCUT2D eigenvalue weighted by atomic mass is 9.90. The number of thioether (sulfide) groups is 1. The number of nitrogens with one attached hydrogen (secondary N) is 1.